The van der Waals surface area contributed by atoms with Gasteiger partial charge in [-0.3, -0.25) is 4.79 Å². The number of aldehydes is 1. The van der Waals surface area contributed by atoms with Crippen LogP contribution >= 0.6 is 0 Å². The van der Waals surface area contributed by atoms with Gasteiger partial charge >= 0.3 is 0 Å². The number of aromatic nitrogens is 2. The standard InChI is InChI=1S/C11H6FN3O/c12-10-3-8(4-13)1-2-11(10)15-5-9(6-16)14-7-15/h1-3,5-7H. The molecule has 0 saturated heterocycles. The molecule has 1 aromatic carbocycles. The Morgan fingerprint density at radius 1 is 1.50 bits per heavy atom. The Bertz CT molecular complexity index is 583. The maximum atomic E-state index is 13.5. The summed E-state index contributed by atoms with van der Waals surface area (Å²) in [5, 5.41) is 8.58. The van der Waals surface area contributed by atoms with Crippen LogP contribution in [0.3, 0.4) is 0 Å². The van der Waals surface area contributed by atoms with Crippen LogP contribution < -0.4 is 0 Å². The SMILES string of the molecule is N#Cc1ccc(-n2cnc(C=O)c2)c(F)c1. The molecule has 0 aliphatic carbocycles. The van der Waals surface area contributed by atoms with E-state index in [1.165, 1.54) is 29.2 Å². The van der Waals surface area contributed by atoms with Gasteiger partial charge in [-0.05, 0) is 18.2 Å². The van der Waals surface area contributed by atoms with Gasteiger partial charge in [-0.15, -0.1) is 0 Å². The smallest absolute Gasteiger partial charge is 0.170 e. The fraction of sp³-hybridized carbons (Fsp3) is 0. The number of imidazole rings is 1. The minimum Gasteiger partial charge on any atom is -0.303 e. The molecule has 0 fully saturated rings. The minimum atomic E-state index is -0.533. The number of carbonyl (C=O) groups excluding carboxylic acids is 1. The predicted molar refractivity (Wildman–Crippen MR) is 53.6 cm³/mol. The van der Waals surface area contributed by atoms with Crippen molar-refractivity contribution in [1.82, 2.24) is 9.55 Å². The van der Waals surface area contributed by atoms with Crippen LogP contribution in [0.25, 0.3) is 5.69 Å². The van der Waals surface area contributed by atoms with Crippen LogP contribution in [-0.4, -0.2) is 15.8 Å². The molecule has 0 aliphatic heterocycles. The maximum absolute atomic E-state index is 13.5. The lowest BCUT2D eigenvalue weighted by atomic mass is 10.2. The van der Waals surface area contributed by atoms with E-state index in [1.54, 1.807) is 0 Å². The molecule has 0 aliphatic rings. The maximum Gasteiger partial charge on any atom is 0.170 e. The molecule has 0 atom stereocenters. The van der Waals surface area contributed by atoms with Crippen LogP contribution in [0.15, 0.2) is 30.7 Å². The van der Waals surface area contributed by atoms with Crippen LogP contribution in [0.2, 0.25) is 0 Å². The number of carbonyl (C=O) groups is 1. The van der Waals surface area contributed by atoms with Crippen molar-refractivity contribution >= 4 is 6.29 Å². The number of benzene rings is 1. The molecule has 1 aromatic heterocycles. The van der Waals surface area contributed by atoms with Crippen molar-refractivity contribution in [1.29, 1.82) is 5.26 Å². The van der Waals surface area contributed by atoms with E-state index in [-0.39, 0.29) is 16.9 Å². The van der Waals surface area contributed by atoms with E-state index in [0.29, 0.717) is 6.29 Å². The highest BCUT2D eigenvalue weighted by atomic mass is 19.1. The average molecular weight is 215 g/mol. The van der Waals surface area contributed by atoms with Crippen molar-refractivity contribution in [3.05, 3.63) is 47.8 Å². The Kier molecular flexibility index (Phi) is 2.48. The minimum absolute atomic E-state index is 0.226. The van der Waals surface area contributed by atoms with Crippen LogP contribution in [0.1, 0.15) is 16.1 Å². The second-order valence-electron chi connectivity index (χ2n) is 3.10. The third-order valence-electron chi connectivity index (χ3n) is 2.08. The Hall–Kier alpha value is -2.48. The van der Waals surface area contributed by atoms with Gasteiger partial charge in [0.05, 0.1) is 17.3 Å². The molecule has 0 radical (unpaired) electrons. The molecule has 0 spiro atoms. The number of nitrogens with zero attached hydrogens (tertiary/aromatic N) is 3. The zero-order valence-corrected chi connectivity index (χ0v) is 8.09. The Morgan fingerprint density at radius 2 is 2.31 bits per heavy atom. The van der Waals surface area contributed by atoms with Gasteiger partial charge in [0, 0.05) is 6.20 Å². The first-order chi connectivity index (χ1) is 7.74. The molecule has 2 aromatic rings. The third-order valence-corrected chi connectivity index (χ3v) is 2.08. The summed E-state index contributed by atoms with van der Waals surface area (Å²) < 4.78 is 14.9. The molecule has 1 heterocycles. The van der Waals surface area contributed by atoms with E-state index in [2.05, 4.69) is 4.98 Å². The Balaban J connectivity index is 2.48. The van der Waals surface area contributed by atoms with E-state index in [1.807, 2.05) is 6.07 Å². The molecular formula is C11H6FN3O. The first kappa shape index (κ1) is 10.1. The average Bonchev–Trinajstić information content (AvgIpc) is 2.77. The summed E-state index contributed by atoms with van der Waals surface area (Å²) in [4.78, 5) is 14.2. The van der Waals surface area contributed by atoms with Gasteiger partial charge in [-0.1, -0.05) is 0 Å². The van der Waals surface area contributed by atoms with Gasteiger partial charge in [0.15, 0.2) is 6.29 Å². The lowest BCUT2D eigenvalue weighted by molar-refractivity contribution is 0.111. The quantitative estimate of drug-likeness (QED) is 0.716. The van der Waals surface area contributed by atoms with E-state index >= 15 is 0 Å². The number of hydrogen-bond acceptors (Lipinski definition) is 3. The van der Waals surface area contributed by atoms with Crippen molar-refractivity contribution in [2.45, 2.75) is 0 Å². The molecule has 0 saturated carbocycles. The van der Waals surface area contributed by atoms with Crippen LogP contribution in [0.4, 0.5) is 4.39 Å². The molecule has 78 valence electrons. The summed E-state index contributed by atoms with van der Waals surface area (Å²) in [7, 11) is 0. The highest BCUT2D eigenvalue weighted by Gasteiger charge is 2.06. The molecule has 16 heavy (non-hydrogen) atoms. The fourth-order valence-corrected chi connectivity index (χ4v) is 1.32. The highest BCUT2D eigenvalue weighted by Crippen LogP contribution is 2.14. The lowest BCUT2D eigenvalue weighted by Crippen LogP contribution is -1.95. The van der Waals surface area contributed by atoms with E-state index in [9.17, 15) is 9.18 Å². The van der Waals surface area contributed by atoms with Crippen molar-refractivity contribution in [3.8, 4) is 11.8 Å². The molecule has 0 amide bonds. The first-order valence-corrected chi connectivity index (χ1v) is 4.44. The van der Waals surface area contributed by atoms with Crippen molar-refractivity contribution in [2.24, 2.45) is 0 Å². The van der Waals surface area contributed by atoms with Gasteiger partial charge in [-0.25, -0.2) is 9.37 Å². The normalized spacial score (nSPS) is 9.75. The first-order valence-electron chi connectivity index (χ1n) is 4.44. The third kappa shape index (κ3) is 1.68. The lowest BCUT2D eigenvalue weighted by Gasteiger charge is -2.03. The molecule has 4 nitrogen and oxygen atoms in total. The van der Waals surface area contributed by atoms with E-state index in [0.717, 1.165) is 6.07 Å². The van der Waals surface area contributed by atoms with Gasteiger partial charge in [0.2, 0.25) is 0 Å². The summed E-state index contributed by atoms with van der Waals surface area (Å²) in [6, 6.07) is 5.94. The van der Waals surface area contributed by atoms with E-state index in [4.69, 9.17) is 5.26 Å². The summed E-state index contributed by atoms with van der Waals surface area (Å²) in [5.74, 6) is -0.533. The van der Waals surface area contributed by atoms with E-state index < -0.39 is 5.82 Å². The number of nitriles is 1. The molecule has 5 heteroatoms. The van der Waals surface area contributed by atoms with Gasteiger partial charge in [-0.2, -0.15) is 5.26 Å². The molecule has 0 N–H and O–H groups in total. The summed E-state index contributed by atoms with van der Waals surface area (Å²) >= 11 is 0. The molecule has 0 unspecified atom stereocenters. The zero-order chi connectivity index (χ0) is 11.5. The van der Waals surface area contributed by atoms with Crippen LogP contribution in [0, 0.1) is 17.1 Å². The topological polar surface area (TPSA) is 58.7 Å². The van der Waals surface area contributed by atoms with Crippen molar-refractivity contribution < 1.29 is 9.18 Å². The van der Waals surface area contributed by atoms with Gasteiger partial charge in [0.1, 0.15) is 17.8 Å². The van der Waals surface area contributed by atoms with Crippen molar-refractivity contribution in [2.75, 3.05) is 0 Å². The second kappa shape index (κ2) is 3.95. The van der Waals surface area contributed by atoms with Crippen LogP contribution in [0.5, 0.6) is 0 Å². The summed E-state index contributed by atoms with van der Waals surface area (Å²) in [6.07, 6.45) is 3.34. The molecule has 0 bridgehead atoms. The number of rotatable bonds is 2. The largest absolute Gasteiger partial charge is 0.303 e. The second-order valence-corrected chi connectivity index (χ2v) is 3.10. The highest BCUT2D eigenvalue weighted by molar-refractivity contribution is 5.71. The van der Waals surface area contributed by atoms with Gasteiger partial charge in [0.25, 0.3) is 0 Å². The predicted octanol–water partition coefficient (Wildman–Crippen LogP) is 1.70. The molecular weight excluding hydrogens is 209 g/mol. The summed E-state index contributed by atoms with van der Waals surface area (Å²) in [6.45, 7) is 0. The van der Waals surface area contributed by atoms with Crippen molar-refractivity contribution in [3.63, 3.8) is 0 Å². The fourth-order valence-electron chi connectivity index (χ4n) is 1.32. The number of halogens is 1. The summed E-state index contributed by atoms with van der Waals surface area (Å²) in [5.41, 5.74) is 0.723. The van der Waals surface area contributed by atoms with Gasteiger partial charge < -0.3 is 4.57 Å². The molecule has 2 rings (SSSR count). The Morgan fingerprint density at radius 3 is 2.88 bits per heavy atom. The number of hydrogen-bond donors (Lipinski definition) is 0. The monoisotopic (exact) mass is 215 g/mol. The zero-order valence-electron chi connectivity index (χ0n) is 8.09. The Labute approximate surface area is 90.6 Å². The van der Waals surface area contributed by atoms with Crippen LogP contribution in [-0.2, 0) is 0 Å².